The maximum absolute atomic E-state index is 11.6. The number of esters is 2. The lowest BCUT2D eigenvalue weighted by Crippen LogP contribution is -2.13. The maximum Gasteiger partial charge on any atom is 0.331 e. The van der Waals surface area contributed by atoms with Gasteiger partial charge in [-0.3, -0.25) is 0 Å². The van der Waals surface area contributed by atoms with Crippen molar-refractivity contribution in [2.75, 3.05) is 6.61 Å². The first-order valence-corrected chi connectivity index (χ1v) is 9.15. The van der Waals surface area contributed by atoms with Crippen molar-refractivity contribution < 1.29 is 19.1 Å². The van der Waals surface area contributed by atoms with E-state index in [2.05, 4.69) is 13.8 Å². The van der Waals surface area contributed by atoms with E-state index < -0.39 is 11.9 Å². The predicted octanol–water partition coefficient (Wildman–Crippen LogP) is 4.96. The summed E-state index contributed by atoms with van der Waals surface area (Å²) in [5, 5.41) is 0. The number of carbonyl (C=O) groups is 2. The molecule has 0 aliphatic carbocycles. The van der Waals surface area contributed by atoms with Crippen molar-refractivity contribution in [2.24, 2.45) is 0 Å². The highest BCUT2D eigenvalue weighted by atomic mass is 16.5. The van der Waals surface area contributed by atoms with E-state index in [9.17, 15) is 9.59 Å². The SMILES string of the molecule is CCCCCCCCOC(=O)/C=C/C(=O)OC(C)CCCCC. The molecule has 0 heterocycles. The highest BCUT2D eigenvalue weighted by Gasteiger charge is 2.07. The Bertz CT molecular complexity index is 336. The fraction of sp³-hybridized carbons (Fsp3) is 0.789. The summed E-state index contributed by atoms with van der Waals surface area (Å²) in [6.45, 7) is 6.61. The lowest BCUT2D eigenvalue weighted by Gasteiger charge is -2.10. The molecule has 134 valence electrons. The van der Waals surface area contributed by atoms with Crippen molar-refractivity contribution in [1.82, 2.24) is 0 Å². The van der Waals surface area contributed by atoms with E-state index in [1.54, 1.807) is 0 Å². The van der Waals surface area contributed by atoms with Crippen LogP contribution >= 0.6 is 0 Å². The minimum Gasteiger partial charge on any atom is -0.463 e. The lowest BCUT2D eigenvalue weighted by atomic mass is 10.1. The molecule has 23 heavy (non-hydrogen) atoms. The zero-order valence-corrected chi connectivity index (χ0v) is 15.1. The highest BCUT2D eigenvalue weighted by molar-refractivity contribution is 5.91. The van der Waals surface area contributed by atoms with Gasteiger partial charge in [0, 0.05) is 12.2 Å². The predicted molar refractivity (Wildman–Crippen MR) is 93.2 cm³/mol. The third kappa shape index (κ3) is 15.4. The number of carbonyl (C=O) groups excluding carboxylic acids is 2. The third-order valence-electron chi connectivity index (χ3n) is 3.63. The Kier molecular flexibility index (Phi) is 14.7. The molecule has 0 aliphatic rings. The van der Waals surface area contributed by atoms with Gasteiger partial charge >= 0.3 is 11.9 Å². The van der Waals surface area contributed by atoms with Crippen molar-refractivity contribution in [3.63, 3.8) is 0 Å². The van der Waals surface area contributed by atoms with E-state index in [4.69, 9.17) is 9.47 Å². The van der Waals surface area contributed by atoms with Crippen molar-refractivity contribution in [2.45, 2.75) is 91.1 Å². The average Bonchev–Trinajstić information content (AvgIpc) is 2.52. The molecule has 1 atom stereocenters. The van der Waals surface area contributed by atoms with Gasteiger partial charge in [-0.25, -0.2) is 9.59 Å². The maximum atomic E-state index is 11.6. The Balaban J connectivity index is 3.67. The van der Waals surface area contributed by atoms with Crippen LogP contribution in [0.2, 0.25) is 0 Å². The van der Waals surface area contributed by atoms with Crippen LogP contribution in [0, 0.1) is 0 Å². The number of ether oxygens (including phenoxy) is 2. The van der Waals surface area contributed by atoms with E-state index in [1.807, 2.05) is 6.92 Å². The zero-order valence-electron chi connectivity index (χ0n) is 15.1. The zero-order chi connectivity index (χ0) is 17.3. The monoisotopic (exact) mass is 326 g/mol. The Hall–Kier alpha value is -1.32. The van der Waals surface area contributed by atoms with Gasteiger partial charge in [-0.2, -0.15) is 0 Å². The second kappa shape index (κ2) is 15.6. The first-order chi connectivity index (χ1) is 11.1. The van der Waals surface area contributed by atoms with E-state index in [1.165, 1.54) is 25.7 Å². The Morgan fingerprint density at radius 3 is 2.09 bits per heavy atom. The van der Waals surface area contributed by atoms with Crippen LogP contribution in [-0.4, -0.2) is 24.6 Å². The molecule has 0 saturated carbocycles. The number of unbranched alkanes of at least 4 members (excludes halogenated alkanes) is 7. The van der Waals surface area contributed by atoms with Gasteiger partial charge in [-0.15, -0.1) is 0 Å². The van der Waals surface area contributed by atoms with Crippen LogP contribution in [0.15, 0.2) is 12.2 Å². The summed E-state index contributed by atoms with van der Waals surface area (Å²) < 4.78 is 10.2. The third-order valence-corrected chi connectivity index (χ3v) is 3.63. The second-order valence-electron chi connectivity index (χ2n) is 6.01. The van der Waals surface area contributed by atoms with Crippen molar-refractivity contribution in [1.29, 1.82) is 0 Å². The van der Waals surface area contributed by atoms with Gasteiger partial charge in [-0.1, -0.05) is 58.8 Å². The van der Waals surface area contributed by atoms with Crippen LogP contribution in [0.4, 0.5) is 0 Å². The molecule has 0 radical (unpaired) electrons. The molecule has 0 aromatic rings. The minimum atomic E-state index is -0.481. The molecule has 0 fully saturated rings. The smallest absolute Gasteiger partial charge is 0.331 e. The van der Waals surface area contributed by atoms with Gasteiger partial charge in [-0.05, 0) is 26.2 Å². The molecule has 0 spiro atoms. The highest BCUT2D eigenvalue weighted by Crippen LogP contribution is 2.07. The molecule has 0 bridgehead atoms. The van der Waals surface area contributed by atoms with E-state index >= 15 is 0 Å². The topological polar surface area (TPSA) is 52.6 Å². The molecule has 1 unspecified atom stereocenters. The summed E-state index contributed by atoms with van der Waals surface area (Å²) in [6.07, 6.45) is 13.3. The van der Waals surface area contributed by atoms with Crippen molar-refractivity contribution in [3.8, 4) is 0 Å². The van der Waals surface area contributed by atoms with E-state index in [0.717, 1.165) is 50.7 Å². The van der Waals surface area contributed by atoms with Gasteiger partial charge in [0.1, 0.15) is 0 Å². The number of hydrogen-bond acceptors (Lipinski definition) is 4. The number of hydrogen-bond donors (Lipinski definition) is 0. The molecule has 0 aromatic carbocycles. The molecule has 0 saturated heterocycles. The lowest BCUT2D eigenvalue weighted by molar-refractivity contribution is -0.143. The molecule has 4 heteroatoms. The summed E-state index contributed by atoms with van der Waals surface area (Å²) >= 11 is 0. The normalized spacial score (nSPS) is 12.3. The summed E-state index contributed by atoms with van der Waals surface area (Å²) in [4.78, 5) is 23.0. The summed E-state index contributed by atoms with van der Waals surface area (Å²) in [7, 11) is 0. The van der Waals surface area contributed by atoms with E-state index in [0.29, 0.717) is 6.61 Å². The second-order valence-corrected chi connectivity index (χ2v) is 6.01. The Morgan fingerprint density at radius 1 is 0.826 bits per heavy atom. The molecule has 0 amide bonds. The molecule has 0 rings (SSSR count). The first kappa shape index (κ1) is 21.7. The fourth-order valence-electron chi connectivity index (χ4n) is 2.22. The molecule has 0 aliphatic heterocycles. The standard InChI is InChI=1S/C19H34O4/c1-4-6-8-9-10-12-16-22-18(20)14-15-19(21)23-17(3)13-11-7-5-2/h14-15,17H,4-13,16H2,1-3H3/b15-14+. The van der Waals surface area contributed by atoms with Gasteiger partial charge in [0.25, 0.3) is 0 Å². The quantitative estimate of drug-likeness (QED) is 0.257. The largest absolute Gasteiger partial charge is 0.463 e. The first-order valence-electron chi connectivity index (χ1n) is 9.15. The van der Waals surface area contributed by atoms with Gasteiger partial charge < -0.3 is 9.47 Å². The Labute approximate surface area is 141 Å². The molecule has 4 nitrogen and oxygen atoms in total. The molecular formula is C19H34O4. The van der Waals surface area contributed by atoms with Gasteiger partial charge in [0.2, 0.25) is 0 Å². The molecule has 0 aromatic heterocycles. The van der Waals surface area contributed by atoms with Crippen LogP contribution in [0.3, 0.4) is 0 Å². The fourth-order valence-corrected chi connectivity index (χ4v) is 2.22. The molecular weight excluding hydrogens is 292 g/mol. The molecule has 0 N–H and O–H groups in total. The van der Waals surface area contributed by atoms with Gasteiger partial charge in [0.15, 0.2) is 0 Å². The van der Waals surface area contributed by atoms with Crippen LogP contribution in [0.1, 0.15) is 85.0 Å². The summed E-state index contributed by atoms with van der Waals surface area (Å²) in [5.74, 6) is -0.959. The van der Waals surface area contributed by atoms with Gasteiger partial charge in [0.05, 0.1) is 12.7 Å². The van der Waals surface area contributed by atoms with Crippen LogP contribution in [0.5, 0.6) is 0 Å². The minimum absolute atomic E-state index is 0.113. The average molecular weight is 326 g/mol. The van der Waals surface area contributed by atoms with Crippen LogP contribution < -0.4 is 0 Å². The van der Waals surface area contributed by atoms with Crippen molar-refractivity contribution >= 4 is 11.9 Å². The Morgan fingerprint density at radius 2 is 1.39 bits per heavy atom. The van der Waals surface area contributed by atoms with E-state index in [-0.39, 0.29) is 6.10 Å². The summed E-state index contributed by atoms with van der Waals surface area (Å²) in [6, 6.07) is 0. The van der Waals surface area contributed by atoms with Crippen LogP contribution in [0.25, 0.3) is 0 Å². The number of rotatable bonds is 14. The van der Waals surface area contributed by atoms with Crippen LogP contribution in [-0.2, 0) is 19.1 Å². The van der Waals surface area contributed by atoms with Crippen molar-refractivity contribution in [3.05, 3.63) is 12.2 Å². The summed E-state index contributed by atoms with van der Waals surface area (Å²) in [5.41, 5.74) is 0.